The molecule has 7 heteroatoms. The number of hydrogen-bond acceptors (Lipinski definition) is 3. The van der Waals surface area contributed by atoms with Crippen molar-refractivity contribution in [2.45, 2.75) is 12.7 Å². The Balaban J connectivity index is 1.69. The standard InChI is InChI=1S/C24H17F3N2O2/c25-24(26,27)19-10-8-18(9-11-19)22-20(13-21(31-22)17-6-2-1-3-7-17)23(30)29-15-16-5-4-12-28-14-16/h1-14H,15H2,(H,29,30). The van der Waals surface area contributed by atoms with Crippen LogP contribution in [-0.4, -0.2) is 10.9 Å². The predicted octanol–water partition coefficient (Wildman–Crippen LogP) is 5.96. The van der Waals surface area contributed by atoms with E-state index in [4.69, 9.17) is 4.42 Å². The van der Waals surface area contributed by atoms with Crippen molar-refractivity contribution < 1.29 is 22.4 Å². The number of benzene rings is 2. The lowest BCUT2D eigenvalue weighted by Gasteiger charge is -2.08. The second-order valence-electron chi connectivity index (χ2n) is 6.84. The largest absolute Gasteiger partial charge is 0.455 e. The highest BCUT2D eigenvalue weighted by molar-refractivity contribution is 6.00. The van der Waals surface area contributed by atoms with E-state index in [0.29, 0.717) is 11.3 Å². The smallest absolute Gasteiger partial charge is 0.416 e. The minimum atomic E-state index is -4.44. The Morgan fingerprint density at radius 3 is 2.32 bits per heavy atom. The van der Waals surface area contributed by atoms with E-state index in [1.54, 1.807) is 24.5 Å². The fraction of sp³-hybridized carbons (Fsp3) is 0.0833. The number of hydrogen-bond donors (Lipinski definition) is 1. The lowest BCUT2D eigenvalue weighted by Crippen LogP contribution is -2.22. The molecule has 0 aliphatic heterocycles. The van der Waals surface area contributed by atoms with Gasteiger partial charge in [0.1, 0.15) is 11.5 Å². The molecule has 0 atom stereocenters. The average Bonchev–Trinajstić information content (AvgIpc) is 3.24. The highest BCUT2D eigenvalue weighted by Gasteiger charge is 2.30. The van der Waals surface area contributed by atoms with Gasteiger partial charge in [0.05, 0.1) is 11.1 Å². The van der Waals surface area contributed by atoms with Gasteiger partial charge in [-0.1, -0.05) is 48.5 Å². The van der Waals surface area contributed by atoms with Crippen LogP contribution in [0.2, 0.25) is 0 Å². The van der Waals surface area contributed by atoms with Crippen molar-refractivity contribution in [2.75, 3.05) is 0 Å². The van der Waals surface area contributed by atoms with Crippen LogP contribution in [0.4, 0.5) is 13.2 Å². The summed E-state index contributed by atoms with van der Waals surface area (Å²) in [5.41, 5.74) is 1.42. The zero-order valence-electron chi connectivity index (χ0n) is 16.2. The van der Waals surface area contributed by atoms with Crippen molar-refractivity contribution in [2.24, 2.45) is 0 Å². The second kappa shape index (κ2) is 8.47. The van der Waals surface area contributed by atoms with Crippen LogP contribution in [0.3, 0.4) is 0 Å². The fourth-order valence-corrected chi connectivity index (χ4v) is 3.11. The van der Waals surface area contributed by atoms with Gasteiger partial charge in [0.2, 0.25) is 0 Å². The molecule has 2 aromatic heterocycles. The van der Waals surface area contributed by atoms with Gasteiger partial charge in [0.15, 0.2) is 0 Å². The molecule has 4 rings (SSSR count). The third-order valence-electron chi connectivity index (χ3n) is 4.69. The Kier molecular flexibility index (Phi) is 5.58. The number of carbonyl (C=O) groups excluding carboxylic acids is 1. The number of furan rings is 1. The average molecular weight is 422 g/mol. The molecule has 1 N–H and O–H groups in total. The molecule has 0 unspecified atom stereocenters. The molecule has 2 heterocycles. The molecule has 0 saturated heterocycles. The quantitative estimate of drug-likeness (QED) is 0.432. The lowest BCUT2D eigenvalue weighted by atomic mass is 10.1. The van der Waals surface area contributed by atoms with Crippen LogP contribution in [0.25, 0.3) is 22.6 Å². The van der Waals surface area contributed by atoms with Gasteiger partial charge >= 0.3 is 6.18 Å². The van der Waals surface area contributed by atoms with Crippen LogP contribution >= 0.6 is 0 Å². The molecule has 4 nitrogen and oxygen atoms in total. The van der Waals surface area contributed by atoms with Crippen LogP contribution in [-0.2, 0) is 12.7 Å². The molecule has 1 amide bonds. The molecular formula is C24H17F3N2O2. The fourth-order valence-electron chi connectivity index (χ4n) is 3.11. The van der Waals surface area contributed by atoms with E-state index in [1.165, 1.54) is 12.1 Å². The van der Waals surface area contributed by atoms with Gasteiger partial charge in [-0.2, -0.15) is 13.2 Å². The Labute approximate surface area is 176 Å². The summed E-state index contributed by atoms with van der Waals surface area (Å²) in [6, 6.07) is 18.9. The Hall–Kier alpha value is -3.87. The molecule has 0 radical (unpaired) electrons. The molecule has 0 bridgehead atoms. The first-order valence-electron chi connectivity index (χ1n) is 9.46. The van der Waals surface area contributed by atoms with E-state index in [-0.39, 0.29) is 17.9 Å². The molecule has 0 aliphatic carbocycles. The van der Waals surface area contributed by atoms with Crippen LogP contribution in [0.5, 0.6) is 0 Å². The molecule has 4 aromatic rings. The van der Waals surface area contributed by atoms with Crippen LogP contribution in [0.15, 0.2) is 89.6 Å². The van der Waals surface area contributed by atoms with Gasteiger partial charge in [-0.3, -0.25) is 9.78 Å². The number of nitrogens with one attached hydrogen (secondary N) is 1. The first kappa shape index (κ1) is 20.4. The summed E-state index contributed by atoms with van der Waals surface area (Å²) in [6.45, 7) is 0.255. The minimum absolute atomic E-state index is 0.205. The number of pyridine rings is 1. The van der Waals surface area contributed by atoms with Crippen molar-refractivity contribution in [3.05, 3.63) is 102 Å². The van der Waals surface area contributed by atoms with E-state index in [0.717, 1.165) is 23.3 Å². The zero-order valence-corrected chi connectivity index (χ0v) is 16.2. The summed E-state index contributed by atoms with van der Waals surface area (Å²) >= 11 is 0. The highest BCUT2D eigenvalue weighted by atomic mass is 19.4. The van der Waals surface area contributed by atoms with Crippen LogP contribution < -0.4 is 5.32 Å². The predicted molar refractivity (Wildman–Crippen MR) is 110 cm³/mol. The van der Waals surface area contributed by atoms with Crippen molar-refractivity contribution in [1.82, 2.24) is 10.3 Å². The van der Waals surface area contributed by atoms with E-state index >= 15 is 0 Å². The highest BCUT2D eigenvalue weighted by Crippen LogP contribution is 2.35. The molecular weight excluding hydrogens is 405 g/mol. The van der Waals surface area contributed by atoms with Crippen molar-refractivity contribution in [1.29, 1.82) is 0 Å². The summed E-state index contributed by atoms with van der Waals surface area (Å²) in [5.74, 6) is 0.253. The van der Waals surface area contributed by atoms with E-state index in [1.807, 2.05) is 36.4 Å². The minimum Gasteiger partial charge on any atom is -0.455 e. The van der Waals surface area contributed by atoms with Crippen molar-refractivity contribution in [3.8, 4) is 22.6 Å². The summed E-state index contributed by atoms with van der Waals surface area (Å²) in [7, 11) is 0. The number of halogens is 3. The maximum absolute atomic E-state index is 12.9. The zero-order chi connectivity index (χ0) is 21.8. The summed E-state index contributed by atoms with van der Waals surface area (Å²) < 4.78 is 44.7. The van der Waals surface area contributed by atoms with Gasteiger partial charge in [0, 0.05) is 30.1 Å². The number of nitrogens with zero attached hydrogens (tertiary/aromatic N) is 1. The van der Waals surface area contributed by atoms with Crippen LogP contribution in [0.1, 0.15) is 21.5 Å². The molecule has 156 valence electrons. The van der Waals surface area contributed by atoms with Gasteiger partial charge in [-0.25, -0.2) is 0 Å². The van der Waals surface area contributed by atoms with E-state index in [9.17, 15) is 18.0 Å². The summed E-state index contributed by atoms with van der Waals surface area (Å²) in [6.07, 6.45) is -1.17. The third-order valence-corrected chi connectivity index (χ3v) is 4.69. The monoisotopic (exact) mass is 422 g/mol. The second-order valence-corrected chi connectivity index (χ2v) is 6.84. The lowest BCUT2D eigenvalue weighted by molar-refractivity contribution is -0.137. The molecule has 0 spiro atoms. The first-order chi connectivity index (χ1) is 14.9. The van der Waals surface area contributed by atoms with Crippen molar-refractivity contribution in [3.63, 3.8) is 0 Å². The Morgan fingerprint density at radius 2 is 1.68 bits per heavy atom. The number of alkyl halides is 3. The Bertz CT molecular complexity index is 1170. The SMILES string of the molecule is O=C(NCc1cccnc1)c1cc(-c2ccccc2)oc1-c1ccc(C(F)(F)F)cc1. The Morgan fingerprint density at radius 1 is 0.935 bits per heavy atom. The van der Waals surface area contributed by atoms with Crippen LogP contribution in [0, 0.1) is 0 Å². The molecule has 0 saturated carbocycles. The van der Waals surface area contributed by atoms with Crippen molar-refractivity contribution >= 4 is 5.91 Å². The number of carbonyl (C=O) groups is 1. The molecule has 2 aromatic carbocycles. The maximum Gasteiger partial charge on any atom is 0.416 e. The number of amides is 1. The topological polar surface area (TPSA) is 55.1 Å². The number of aromatic nitrogens is 1. The summed E-state index contributed by atoms with van der Waals surface area (Å²) in [5, 5.41) is 2.81. The first-order valence-corrected chi connectivity index (χ1v) is 9.46. The van der Waals surface area contributed by atoms with Gasteiger partial charge in [-0.15, -0.1) is 0 Å². The molecule has 0 aliphatic rings. The molecule has 31 heavy (non-hydrogen) atoms. The third kappa shape index (κ3) is 4.66. The number of rotatable bonds is 5. The van der Waals surface area contributed by atoms with Gasteiger partial charge in [0.25, 0.3) is 5.91 Å². The van der Waals surface area contributed by atoms with E-state index < -0.39 is 17.6 Å². The summed E-state index contributed by atoms with van der Waals surface area (Å²) in [4.78, 5) is 16.9. The van der Waals surface area contributed by atoms with Gasteiger partial charge in [-0.05, 0) is 29.8 Å². The van der Waals surface area contributed by atoms with Gasteiger partial charge < -0.3 is 9.73 Å². The van der Waals surface area contributed by atoms with E-state index in [2.05, 4.69) is 10.3 Å². The molecule has 0 fully saturated rings. The normalized spacial score (nSPS) is 11.3. The maximum atomic E-state index is 12.9.